The van der Waals surface area contributed by atoms with Gasteiger partial charge in [0.25, 0.3) is 0 Å². The van der Waals surface area contributed by atoms with Crippen molar-refractivity contribution in [2.75, 3.05) is 0 Å². The summed E-state index contributed by atoms with van der Waals surface area (Å²) in [6, 6.07) is 0. The first kappa shape index (κ1) is 7.84. The highest BCUT2D eigenvalue weighted by molar-refractivity contribution is 4.89. The molecule has 1 saturated carbocycles. The molecule has 0 heteroatoms. The van der Waals surface area contributed by atoms with Gasteiger partial charge in [-0.25, -0.2) is 0 Å². The van der Waals surface area contributed by atoms with Crippen LogP contribution in [0.15, 0.2) is 12.2 Å². The quantitative estimate of drug-likeness (QED) is 0.512. The fourth-order valence-corrected chi connectivity index (χ4v) is 1.84. The summed E-state index contributed by atoms with van der Waals surface area (Å²) in [6.07, 6.45) is 11.6. The zero-order valence-electron chi connectivity index (χ0n) is 7.19. The Bertz CT molecular complexity index is 116. The number of hydrogen-bond acceptors (Lipinski definition) is 0. The average Bonchev–Trinajstić information content (AvgIpc) is 2.33. The van der Waals surface area contributed by atoms with Crippen LogP contribution in [0.5, 0.6) is 0 Å². The second-order valence-corrected chi connectivity index (χ2v) is 3.79. The van der Waals surface area contributed by atoms with Crippen LogP contribution in [-0.4, -0.2) is 0 Å². The second kappa shape index (κ2) is 3.23. The first-order valence-corrected chi connectivity index (χ1v) is 4.38. The molecule has 58 valence electrons. The highest BCUT2D eigenvalue weighted by Crippen LogP contribution is 2.40. The van der Waals surface area contributed by atoms with Gasteiger partial charge in [-0.1, -0.05) is 31.9 Å². The van der Waals surface area contributed by atoms with E-state index in [0.717, 1.165) is 0 Å². The smallest absolute Gasteiger partial charge is 0.0291 e. The Morgan fingerprint density at radius 3 is 2.40 bits per heavy atom. The standard InChI is InChI=1S/C10H18/c1-3-4-7-10(2)8-5-6-9-10/h3-4H,5-9H2,1-2H3. The molecule has 0 saturated heterocycles. The van der Waals surface area contributed by atoms with Gasteiger partial charge in [0.1, 0.15) is 0 Å². The van der Waals surface area contributed by atoms with Gasteiger partial charge >= 0.3 is 0 Å². The van der Waals surface area contributed by atoms with E-state index >= 15 is 0 Å². The highest BCUT2D eigenvalue weighted by atomic mass is 14.3. The minimum atomic E-state index is 0.659. The van der Waals surface area contributed by atoms with Gasteiger partial charge in [-0.05, 0) is 31.6 Å². The lowest BCUT2D eigenvalue weighted by Crippen LogP contribution is -2.08. The SMILES string of the molecule is CC=CCC1(C)CCCC1. The lowest BCUT2D eigenvalue weighted by Gasteiger charge is -2.20. The Labute approximate surface area is 64.3 Å². The summed E-state index contributed by atoms with van der Waals surface area (Å²) in [6.45, 7) is 4.53. The Morgan fingerprint density at radius 1 is 1.30 bits per heavy atom. The lowest BCUT2D eigenvalue weighted by atomic mass is 9.85. The van der Waals surface area contributed by atoms with Gasteiger partial charge in [-0.2, -0.15) is 0 Å². The summed E-state index contributed by atoms with van der Waals surface area (Å²) < 4.78 is 0. The van der Waals surface area contributed by atoms with Crippen LogP contribution in [0, 0.1) is 5.41 Å². The molecule has 1 rings (SSSR count). The molecule has 0 aromatic carbocycles. The summed E-state index contributed by atoms with van der Waals surface area (Å²) in [4.78, 5) is 0. The van der Waals surface area contributed by atoms with Crippen LogP contribution in [0.3, 0.4) is 0 Å². The van der Waals surface area contributed by atoms with E-state index in [1.807, 2.05) is 0 Å². The van der Waals surface area contributed by atoms with Crippen molar-refractivity contribution in [2.24, 2.45) is 5.41 Å². The maximum atomic E-state index is 2.42. The van der Waals surface area contributed by atoms with E-state index < -0.39 is 0 Å². The first-order chi connectivity index (χ1) is 4.77. The maximum absolute atomic E-state index is 2.42. The normalized spacial score (nSPS) is 24.2. The molecule has 1 fully saturated rings. The largest absolute Gasteiger partial charge is 0.0916 e. The van der Waals surface area contributed by atoms with E-state index in [1.165, 1.54) is 32.1 Å². The molecule has 0 N–H and O–H groups in total. The Hall–Kier alpha value is -0.260. The molecule has 0 atom stereocenters. The molecule has 0 bridgehead atoms. The first-order valence-electron chi connectivity index (χ1n) is 4.38. The van der Waals surface area contributed by atoms with Gasteiger partial charge in [0.05, 0.1) is 0 Å². The van der Waals surface area contributed by atoms with Crippen molar-refractivity contribution in [3.8, 4) is 0 Å². The van der Waals surface area contributed by atoms with Crippen LogP contribution in [0.2, 0.25) is 0 Å². The minimum absolute atomic E-state index is 0.659. The third-order valence-electron chi connectivity index (χ3n) is 2.66. The summed E-state index contributed by atoms with van der Waals surface area (Å²) in [5, 5.41) is 0. The lowest BCUT2D eigenvalue weighted by molar-refractivity contribution is 0.342. The van der Waals surface area contributed by atoms with E-state index in [1.54, 1.807) is 0 Å². The summed E-state index contributed by atoms with van der Waals surface area (Å²) in [5.74, 6) is 0. The van der Waals surface area contributed by atoms with Crippen molar-refractivity contribution in [1.29, 1.82) is 0 Å². The molecule has 1 aliphatic carbocycles. The van der Waals surface area contributed by atoms with Gasteiger partial charge in [0.2, 0.25) is 0 Å². The number of hydrogen-bond donors (Lipinski definition) is 0. The monoisotopic (exact) mass is 138 g/mol. The van der Waals surface area contributed by atoms with Gasteiger partial charge in [0, 0.05) is 0 Å². The van der Waals surface area contributed by atoms with Crippen LogP contribution in [-0.2, 0) is 0 Å². The molecule has 0 amide bonds. The van der Waals surface area contributed by atoms with Crippen LogP contribution >= 0.6 is 0 Å². The van der Waals surface area contributed by atoms with E-state index in [2.05, 4.69) is 26.0 Å². The molecule has 0 aromatic rings. The van der Waals surface area contributed by atoms with Gasteiger partial charge in [-0.15, -0.1) is 0 Å². The third kappa shape index (κ3) is 1.86. The van der Waals surface area contributed by atoms with Crippen LogP contribution in [0.4, 0.5) is 0 Å². The molecule has 0 radical (unpaired) electrons. The number of rotatable bonds is 2. The van der Waals surface area contributed by atoms with Crippen molar-refractivity contribution >= 4 is 0 Å². The summed E-state index contributed by atoms with van der Waals surface area (Å²) in [5.41, 5.74) is 0.659. The highest BCUT2D eigenvalue weighted by Gasteiger charge is 2.26. The average molecular weight is 138 g/mol. The summed E-state index contributed by atoms with van der Waals surface area (Å²) in [7, 11) is 0. The topological polar surface area (TPSA) is 0 Å². The Balaban J connectivity index is 2.35. The molecular formula is C10H18. The van der Waals surface area contributed by atoms with Crippen LogP contribution in [0.25, 0.3) is 0 Å². The Kier molecular flexibility index (Phi) is 2.53. The van der Waals surface area contributed by atoms with Gasteiger partial charge < -0.3 is 0 Å². The van der Waals surface area contributed by atoms with Crippen molar-refractivity contribution in [3.63, 3.8) is 0 Å². The second-order valence-electron chi connectivity index (χ2n) is 3.79. The van der Waals surface area contributed by atoms with Crippen molar-refractivity contribution in [2.45, 2.75) is 46.0 Å². The fraction of sp³-hybridized carbons (Fsp3) is 0.800. The van der Waals surface area contributed by atoms with Crippen molar-refractivity contribution in [1.82, 2.24) is 0 Å². The van der Waals surface area contributed by atoms with E-state index in [-0.39, 0.29) is 0 Å². The maximum Gasteiger partial charge on any atom is -0.0291 e. The molecule has 1 aliphatic rings. The van der Waals surface area contributed by atoms with Crippen molar-refractivity contribution < 1.29 is 0 Å². The van der Waals surface area contributed by atoms with Crippen molar-refractivity contribution in [3.05, 3.63) is 12.2 Å². The van der Waals surface area contributed by atoms with E-state index in [9.17, 15) is 0 Å². The molecular weight excluding hydrogens is 120 g/mol. The van der Waals surface area contributed by atoms with Gasteiger partial charge in [-0.3, -0.25) is 0 Å². The predicted octanol–water partition coefficient (Wildman–Crippen LogP) is 3.53. The van der Waals surface area contributed by atoms with E-state index in [0.29, 0.717) is 5.41 Å². The van der Waals surface area contributed by atoms with Crippen LogP contribution < -0.4 is 0 Å². The minimum Gasteiger partial charge on any atom is -0.0916 e. The zero-order chi connectivity index (χ0) is 7.45. The Morgan fingerprint density at radius 2 is 1.90 bits per heavy atom. The molecule has 0 nitrogen and oxygen atoms in total. The molecule has 0 spiro atoms. The number of allylic oxidation sites excluding steroid dienone is 2. The zero-order valence-corrected chi connectivity index (χ0v) is 7.19. The predicted molar refractivity (Wildman–Crippen MR) is 46.0 cm³/mol. The fourth-order valence-electron chi connectivity index (χ4n) is 1.84. The molecule has 10 heavy (non-hydrogen) atoms. The molecule has 0 unspecified atom stereocenters. The van der Waals surface area contributed by atoms with Gasteiger partial charge in [0.15, 0.2) is 0 Å². The third-order valence-corrected chi connectivity index (χ3v) is 2.66. The molecule has 0 aromatic heterocycles. The summed E-state index contributed by atoms with van der Waals surface area (Å²) >= 11 is 0. The molecule has 0 heterocycles. The van der Waals surface area contributed by atoms with E-state index in [4.69, 9.17) is 0 Å². The molecule has 0 aliphatic heterocycles. The van der Waals surface area contributed by atoms with Crippen LogP contribution in [0.1, 0.15) is 46.0 Å².